The van der Waals surface area contributed by atoms with E-state index in [0.717, 1.165) is 11.1 Å². The molecule has 152 valence electrons. The van der Waals surface area contributed by atoms with Crippen molar-refractivity contribution in [2.45, 2.75) is 46.7 Å². The fourth-order valence-corrected chi connectivity index (χ4v) is 3.25. The highest BCUT2D eigenvalue weighted by atomic mass is 16.2. The second-order valence-corrected chi connectivity index (χ2v) is 7.38. The van der Waals surface area contributed by atoms with Gasteiger partial charge in [-0.05, 0) is 46.2 Å². The van der Waals surface area contributed by atoms with Gasteiger partial charge in [0.15, 0.2) is 5.65 Å². The molecule has 1 aromatic carbocycles. The molecule has 0 fully saturated rings. The molecule has 0 bridgehead atoms. The van der Waals surface area contributed by atoms with Crippen molar-refractivity contribution >= 4 is 22.8 Å². The molecule has 1 atom stereocenters. The summed E-state index contributed by atoms with van der Waals surface area (Å²) in [7, 11) is 0. The highest BCUT2D eigenvalue weighted by Crippen LogP contribution is 2.28. The van der Waals surface area contributed by atoms with E-state index in [0.29, 0.717) is 28.8 Å². The van der Waals surface area contributed by atoms with Crippen LogP contribution < -0.4 is 10.6 Å². The van der Waals surface area contributed by atoms with Gasteiger partial charge in [-0.1, -0.05) is 24.3 Å². The average Bonchev–Trinajstić information content (AvgIpc) is 3.12. The average molecular weight is 393 g/mol. The molecule has 0 saturated heterocycles. The zero-order chi connectivity index (χ0) is 21.1. The Balaban J connectivity index is 2.11. The molecule has 7 heteroatoms. The Labute approximate surface area is 170 Å². The van der Waals surface area contributed by atoms with Gasteiger partial charge in [-0.3, -0.25) is 9.59 Å². The van der Waals surface area contributed by atoms with E-state index in [1.165, 1.54) is 0 Å². The van der Waals surface area contributed by atoms with Gasteiger partial charge in [-0.2, -0.15) is 5.10 Å². The van der Waals surface area contributed by atoms with Gasteiger partial charge in [0.25, 0.3) is 5.91 Å². The topological polar surface area (TPSA) is 88.9 Å². The predicted molar refractivity (Wildman–Crippen MR) is 114 cm³/mol. The number of hydrogen-bond donors (Lipinski definition) is 2. The number of fused-ring (bicyclic) bond motifs is 1. The maximum Gasteiger partial charge on any atom is 0.252 e. The lowest BCUT2D eigenvalue weighted by molar-refractivity contribution is -0.122. The number of pyridine rings is 1. The summed E-state index contributed by atoms with van der Waals surface area (Å²) in [5, 5.41) is 10.6. The molecule has 0 radical (unpaired) electrons. The molecule has 2 heterocycles. The minimum atomic E-state index is -0.646. The van der Waals surface area contributed by atoms with Crippen molar-refractivity contribution in [2.75, 3.05) is 6.54 Å². The Morgan fingerprint density at radius 1 is 1.17 bits per heavy atom. The van der Waals surface area contributed by atoms with Crippen LogP contribution in [0.3, 0.4) is 0 Å². The van der Waals surface area contributed by atoms with E-state index >= 15 is 0 Å². The summed E-state index contributed by atoms with van der Waals surface area (Å²) in [6, 6.07) is 9.14. The van der Waals surface area contributed by atoms with Gasteiger partial charge in [0.2, 0.25) is 5.91 Å². The summed E-state index contributed by atoms with van der Waals surface area (Å²) < 4.78 is 1.81. The van der Waals surface area contributed by atoms with Gasteiger partial charge in [0, 0.05) is 18.2 Å². The van der Waals surface area contributed by atoms with Crippen molar-refractivity contribution in [2.24, 2.45) is 0 Å². The maximum absolute atomic E-state index is 13.1. The van der Waals surface area contributed by atoms with Crippen molar-refractivity contribution < 1.29 is 9.59 Å². The van der Waals surface area contributed by atoms with Crippen molar-refractivity contribution in [1.82, 2.24) is 25.4 Å². The third kappa shape index (κ3) is 4.13. The summed E-state index contributed by atoms with van der Waals surface area (Å²) in [5.74, 6) is -0.544. The van der Waals surface area contributed by atoms with Crippen molar-refractivity contribution in [3.05, 3.63) is 47.7 Å². The molecule has 2 amide bonds. The van der Waals surface area contributed by atoms with E-state index < -0.39 is 6.04 Å². The number of likely N-dealkylation sites (N-methyl/N-ethyl adjacent to an activating group) is 1. The van der Waals surface area contributed by atoms with Crippen molar-refractivity contribution in [1.29, 1.82) is 0 Å². The molecule has 2 aromatic heterocycles. The first-order valence-corrected chi connectivity index (χ1v) is 9.86. The fraction of sp³-hybridized carbons (Fsp3) is 0.364. The third-order valence-corrected chi connectivity index (χ3v) is 4.81. The molecule has 0 aliphatic rings. The first-order valence-electron chi connectivity index (χ1n) is 9.86. The van der Waals surface area contributed by atoms with Crippen LogP contribution in [0.15, 0.2) is 36.5 Å². The Hall–Kier alpha value is -3.22. The van der Waals surface area contributed by atoms with E-state index in [1.54, 1.807) is 23.9 Å². The molecule has 0 saturated carbocycles. The molecule has 7 nitrogen and oxygen atoms in total. The predicted octanol–water partition coefficient (Wildman–Crippen LogP) is 3.24. The van der Waals surface area contributed by atoms with E-state index in [1.807, 2.05) is 52.0 Å². The lowest BCUT2D eigenvalue weighted by atomic mass is 10.0. The van der Waals surface area contributed by atoms with Crippen LogP contribution in [0, 0.1) is 6.92 Å². The summed E-state index contributed by atoms with van der Waals surface area (Å²) >= 11 is 0. The standard InChI is InChI=1S/C22H27N5O2/c1-6-23-21(28)15(5)25-22(29)17-11-19(16-10-8-7-9-14(16)4)26-20-18(17)12-24-27(20)13(2)3/h7-13,15H,6H2,1-5H3,(H,23,28)(H,25,29)/t15-/m0/s1. The molecule has 0 unspecified atom stereocenters. The number of carbonyl (C=O) groups is 2. The van der Waals surface area contributed by atoms with E-state index in [2.05, 4.69) is 15.7 Å². The lowest BCUT2D eigenvalue weighted by Crippen LogP contribution is -2.44. The number of benzene rings is 1. The quantitative estimate of drug-likeness (QED) is 0.673. The zero-order valence-electron chi connectivity index (χ0n) is 17.5. The summed E-state index contributed by atoms with van der Waals surface area (Å²) in [5.41, 5.74) is 3.83. The third-order valence-electron chi connectivity index (χ3n) is 4.81. The van der Waals surface area contributed by atoms with Crippen molar-refractivity contribution in [3.8, 4) is 11.3 Å². The first kappa shape index (κ1) is 20.5. The van der Waals surface area contributed by atoms with Crippen LogP contribution in [0.25, 0.3) is 22.3 Å². The van der Waals surface area contributed by atoms with Crippen LogP contribution in [0.5, 0.6) is 0 Å². The van der Waals surface area contributed by atoms with E-state index in [9.17, 15) is 9.59 Å². The van der Waals surface area contributed by atoms with E-state index in [-0.39, 0.29) is 17.9 Å². The maximum atomic E-state index is 13.1. The number of amides is 2. The SMILES string of the molecule is CCNC(=O)[C@H](C)NC(=O)c1cc(-c2ccccc2C)nc2c1cnn2C(C)C. The molecule has 3 aromatic rings. The highest BCUT2D eigenvalue weighted by Gasteiger charge is 2.22. The van der Waals surface area contributed by atoms with Gasteiger partial charge >= 0.3 is 0 Å². The van der Waals surface area contributed by atoms with Gasteiger partial charge in [-0.25, -0.2) is 9.67 Å². The van der Waals surface area contributed by atoms with Crippen LogP contribution in [0.1, 0.15) is 49.7 Å². The number of rotatable bonds is 6. The van der Waals surface area contributed by atoms with Crippen LogP contribution in [0.4, 0.5) is 0 Å². The number of carbonyl (C=O) groups excluding carboxylic acids is 2. The van der Waals surface area contributed by atoms with Gasteiger partial charge in [-0.15, -0.1) is 0 Å². The minimum Gasteiger partial charge on any atom is -0.355 e. The normalized spacial score (nSPS) is 12.2. The molecule has 0 spiro atoms. The lowest BCUT2D eigenvalue weighted by Gasteiger charge is -2.15. The van der Waals surface area contributed by atoms with Crippen LogP contribution in [-0.2, 0) is 4.79 Å². The second kappa shape index (κ2) is 8.43. The molecular formula is C22H27N5O2. The van der Waals surface area contributed by atoms with Gasteiger partial charge in [0.1, 0.15) is 6.04 Å². The number of aromatic nitrogens is 3. The Morgan fingerprint density at radius 2 is 1.90 bits per heavy atom. The first-order chi connectivity index (χ1) is 13.8. The highest BCUT2D eigenvalue weighted by molar-refractivity contribution is 6.07. The number of nitrogens with zero attached hydrogens (tertiary/aromatic N) is 3. The van der Waals surface area contributed by atoms with Crippen molar-refractivity contribution in [3.63, 3.8) is 0 Å². The Kier molecular flexibility index (Phi) is 5.96. The summed E-state index contributed by atoms with van der Waals surface area (Å²) in [6.45, 7) is 10.1. The van der Waals surface area contributed by atoms with Gasteiger partial charge in [0.05, 0.1) is 22.8 Å². The summed E-state index contributed by atoms with van der Waals surface area (Å²) in [6.07, 6.45) is 1.66. The Bertz CT molecular complexity index is 1050. The molecule has 0 aliphatic heterocycles. The molecule has 0 aliphatic carbocycles. The van der Waals surface area contributed by atoms with Crippen LogP contribution in [-0.4, -0.2) is 39.2 Å². The molecule has 3 rings (SSSR count). The van der Waals surface area contributed by atoms with Gasteiger partial charge < -0.3 is 10.6 Å². The number of hydrogen-bond acceptors (Lipinski definition) is 4. The van der Waals surface area contributed by atoms with Crippen LogP contribution in [0.2, 0.25) is 0 Å². The smallest absolute Gasteiger partial charge is 0.252 e. The molecule has 29 heavy (non-hydrogen) atoms. The monoisotopic (exact) mass is 393 g/mol. The van der Waals surface area contributed by atoms with Crippen LogP contribution >= 0.6 is 0 Å². The number of nitrogens with one attached hydrogen (secondary N) is 2. The zero-order valence-corrected chi connectivity index (χ0v) is 17.5. The molecule has 2 N–H and O–H groups in total. The summed E-state index contributed by atoms with van der Waals surface area (Å²) in [4.78, 5) is 29.9. The second-order valence-electron chi connectivity index (χ2n) is 7.38. The minimum absolute atomic E-state index is 0.0947. The Morgan fingerprint density at radius 3 is 2.55 bits per heavy atom. The molecular weight excluding hydrogens is 366 g/mol. The number of aryl methyl sites for hydroxylation is 1. The van der Waals surface area contributed by atoms with E-state index in [4.69, 9.17) is 4.98 Å². The largest absolute Gasteiger partial charge is 0.355 e. The fourth-order valence-electron chi connectivity index (χ4n) is 3.25.